The van der Waals surface area contributed by atoms with Gasteiger partial charge in [-0.3, -0.25) is 0 Å². The molecule has 5 heterocycles. The van der Waals surface area contributed by atoms with E-state index in [2.05, 4.69) is 25.1 Å². The fourth-order valence-corrected chi connectivity index (χ4v) is 7.51. The number of hydrogen-bond acceptors (Lipinski definition) is 8. The number of hydrogen-bond donors (Lipinski definition) is 2. The van der Waals surface area contributed by atoms with Gasteiger partial charge in [-0.05, 0) is 76.2 Å². The molecule has 7 rings (SSSR count). The number of benzene rings is 1. The van der Waals surface area contributed by atoms with Crippen molar-refractivity contribution in [3.05, 3.63) is 34.1 Å². The summed E-state index contributed by atoms with van der Waals surface area (Å²) < 4.78 is 65.5. The van der Waals surface area contributed by atoms with Crippen molar-refractivity contribution in [3.8, 4) is 17.3 Å². The molecule has 1 aliphatic carbocycles. The highest BCUT2D eigenvalue weighted by atomic mass is 35.5. The molecule has 2 aromatic heterocycles. The number of aromatic nitrogens is 3. The minimum Gasteiger partial charge on any atom is -0.463 e. The second-order valence-electron chi connectivity index (χ2n) is 13.0. The van der Waals surface area contributed by atoms with Crippen LogP contribution in [-0.2, 0) is 6.18 Å². The molecular weight excluding hydrogens is 598 g/mol. The van der Waals surface area contributed by atoms with Gasteiger partial charge >= 0.3 is 12.2 Å². The highest BCUT2D eigenvalue weighted by molar-refractivity contribution is 6.34. The first kappa shape index (κ1) is 29.7. The molecule has 4 aliphatic rings. The Morgan fingerprint density at radius 1 is 1.07 bits per heavy atom. The third-order valence-electron chi connectivity index (χ3n) is 9.59. The predicted molar refractivity (Wildman–Crippen MR) is 162 cm³/mol. The lowest BCUT2D eigenvalue weighted by Crippen LogP contribution is -2.51. The largest absolute Gasteiger partial charge is 0.463 e. The number of nitrogens with one attached hydrogen (secondary N) is 1. The summed E-state index contributed by atoms with van der Waals surface area (Å²) in [6.45, 7) is 6.04. The van der Waals surface area contributed by atoms with Crippen molar-refractivity contribution < 1.29 is 22.3 Å². The van der Waals surface area contributed by atoms with Crippen molar-refractivity contribution in [3.63, 3.8) is 0 Å². The molecule has 8 nitrogen and oxygen atoms in total. The molecule has 0 radical (unpaired) electrons. The minimum absolute atomic E-state index is 0.00169. The number of nitrogen functional groups attached to an aromatic ring is 1. The lowest BCUT2D eigenvalue weighted by molar-refractivity contribution is -0.137. The second-order valence-corrected chi connectivity index (χ2v) is 13.4. The number of aryl methyl sites for hydroxylation is 1. The number of piperidine rings is 1. The van der Waals surface area contributed by atoms with Crippen LogP contribution in [0.1, 0.15) is 56.1 Å². The number of halogens is 5. The average molecular weight is 634 g/mol. The van der Waals surface area contributed by atoms with Gasteiger partial charge in [0.15, 0.2) is 5.82 Å². The van der Waals surface area contributed by atoms with Crippen molar-refractivity contribution in [2.75, 3.05) is 50.0 Å². The van der Waals surface area contributed by atoms with Crippen LogP contribution in [-0.4, -0.2) is 71.3 Å². The van der Waals surface area contributed by atoms with E-state index in [1.807, 2.05) is 0 Å². The molecule has 4 fully saturated rings. The molecule has 2 bridgehead atoms. The van der Waals surface area contributed by atoms with E-state index in [-0.39, 0.29) is 45.4 Å². The van der Waals surface area contributed by atoms with Gasteiger partial charge in [0.1, 0.15) is 17.2 Å². The first-order valence-corrected chi connectivity index (χ1v) is 15.8. The van der Waals surface area contributed by atoms with Crippen molar-refractivity contribution >= 4 is 34.1 Å². The lowest BCUT2D eigenvalue weighted by Gasteiger charge is -2.34. The number of ether oxygens (including phenoxy) is 1. The van der Waals surface area contributed by atoms with E-state index in [0.29, 0.717) is 30.9 Å². The molecule has 13 heteroatoms. The molecule has 3 N–H and O–H groups in total. The Labute approximate surface area is 258 Å². The fraction of sp³-hybridized carbons (Fsp3) is 0.581. The molecule has 44 heavy (non-hydrogen) atoms. The third kappa shape index (κ3) is 5.64. The molecule has 2 unspecified atom stereocenters. The number of piperazine rings is 1. The second kappa shape index (κ2) is 11.1. The summed E-state index contributed by atoms with van der Waals surface area (Å²) in [6, 6.07) is 3.08. The van der Waals surface area contributed by atoms with E-state index in [1.165, 1.54) is 32.3 Å². The maximum absolute atomic E-state index is 16.6. The van der Waals surface area contributed by atoms with Crippen LogP contribution in [0.25, 0.3) is 22.2 Å². The number of fused-ring (bicyclic) bond motifs is 3. The van der Waals surface area contributed by atoms with E-state index in [0.717, 1.165) is 51.4 Å². The van der Waals surface area contributed by atoms with Gasteiger partial charge in [0.2, 0.25) is 0 Å². The van der Waals surface area contributed by atoms with E-state index in [9.17, 15) is 13.2 Å². The molecule has 0 spiro atoms. The van der Waals surface area contributed by atoms with Crippen molar-refractivity contribution in [2.24, 2.45) is 5.41 Å². The van der Waals surface area contributed by atoms with Crippen LogP contribution in [0.15, 0.2) is 12.1 Å². The van der Waals surface area contributed by atoms with Gasteiger partial charge in [-0.2, -0.15) is 23.1 Å². The van der Waals surface area contributed by atoms with Gasteiger partial charge in [-0.15, -0.1) is 0 Å². The van der Waals surface area contributed by atoms with Crippen LogP contribution < -0.4 is 20.7 Å². The summed E-state index contributed by atoms with van der Waals surface area (Å²) in [4.78, 5) is 17.7. The Morgan fingerprint density at radius 3 is 2.43 bits per heavy atom. The van der Waals surface area contributed by atoms with E-state index in [4.69, 9.17) is 27.1 Å². The van der Waals surface area contributed by atoms with Crippen LogP contribution >= 0.6 is 11.6 Å². The molecular formula is C31H36ClF4N7O. The SMILES string of the molecule is Cc1cc(N)nc(-c2c(Cl)cc3c(N4CC5CCC(C4)N5)nc(OCC4(CN5CCCCC5)CC4)nc3c2F)c1C(F)(F)F. The Morgan fingerprint density at radius 2 is 1.77 bits per heavy atom. The molecule has 3 saturated heterocycles. The molecule has 3 aliphatic heterocycles. The number of pyridine rings is 1. The number of alkyl halides is 3. The standard InChI is InChI=1S/C31H36ClF4N7O/c1-17-11-22(37)39-27(24(17)31(34,35)36)23-21(32)12-20-26(25(23)33)40-29(41-28(20)43-13-18-5-6-19(14-43)38-18)44-16-30(7-8-30)15-42-9-3-2-4-10-42/h11-12,18-19,38H,2-10,13-16H2,1H3,(H2,37,39). The van der Waals surface area contributed by atoms with Gasteiger partial charge in [0, 0.05) is 42.5 Å². The first-order valence-electron chi connectivity index (χ1n) is 15.4. The molecule has 0 amide bonds. The first-order chi connectivity index (χ1) is 21.0. The predicted octanol–water partition coefficient (Wildman–Crippen LogP) is 5.98. The lowest BCUT2D eigenvalue weighted by atomic mass is 9.99. The maximum Gasteiger partial charge on any atom is 0.418 e. The third-order valence-corrected chi connectivity index (χ3v) is 9.89. The molecule has 1 saturated carbocycles. The molecule has 3 aromatic rings. The normalized spacial score (nSPS) is 23.4. The van der Waals surface area contributed by atoms with Gasteiger partial charge in [0.25, 0.3) is 0 Å². The number of nitrogens with two attached hydrogens (primary N) is 1. The summed E-state index contributed by atoms with van der Waals surface area (Å²) in [5.41, 5.74) is 3.25. The topological polar surface area (TPSA) is 92.4 Å². The van der Waals surface area contributed by atoms with Gasteiger partial charge in [0.05, 0.1) is 28.5 Å². The smallest absolute Gasteiger partial charge is 0.418 e. The molecule has 236 valence electrons. The maximum atomic E-state index is 16.6. The van der Waals surface area contributed by atoms with Crippen molar-refractivity contribution in [1.29, 1.82) is 0 Å². The zero-order valence-electron chi connectivity index (χ0n) is 24.6. The van der Waals surface area contributed by atoms with E-state index >= 15 is 4.39 Å². The fourth-order valence-electron chi connectivity index (χ4n) is 7.22. The van der Waals surface area contributed by atoms with Crippen molar-refractivity contribution in [1.82, 2.24) is 25.2 Å². The Balaban J connectivity index is 1.32. The zero-order valence-corrected chi connectivity index (χ0v) is 25.4. The minimum atomic E-state index is -4.82. The number of anilines is 2. The summed E-state index contributed by atoms with van der Waals surface area (Å²) in [7, 11) is 0. The monoisotopic (exact) mass is 633 g/mol. The zero-order chi connectivity index (χ0) is 30.8. The van der Waals surface area contributed by atoms with Gasteiger partial charge in [-0.1, -0.05) is 18.0 Å². The summed E-state index contributed by atoms with van der Waals surface area (Å²) in [5, 5.41) is 3.67. The van der Waals surface area contributed by atoms with Crippen LogP contribution in [0.2, 0.25) is 5.02 Å². The number of likely N-dealkylation sites (tertiary alicyclic amines) is 1. The number of rotatable bonds is 7. The van der Waals surface area contributed by atoms with Gasteiger partial charge < -0.3 is 25.6 Å². The molecule has 1 aromatic carbocycles. The van der Waals surface area contributed by atoms with Crippen LogP contribution in [0.4, 0.5) is 29.2 Å². The highest BCUT2D eigenvalue weighted by Gasteiger charge is 2.45. The van der Waals surface area contributed by atoms with Gasteiger partial charge in [-0.25, -0.2) is 9.37 Å². The molecule has 2 atom stereocenters. The number of nitrogens with zero attached hydrogens (tertiary/aromatic N) is 5. The Bertz CT molecular complexity index is 1580. The van der Waals surface area contributed by atoms with E-state index < -0.39 is 28.8 Å². The quantitative estimate of drug-likeness (QED) is 0.307. The Kier molecular flexibility index (Phi) is 7.52. The average Bonchev–Trinajstić information content (AvgIpc) is 3.65. The summed E-state index contributed by atoms with van der Waals surface area (Å²) in [5.74, 6) is -0.728. The summed E-state index contributed by atoms with van der Waals surface area (Å²) in [6.07, 6.45) is 2.93. The summed E-state index contributed by atoms with van der Waals surface area (Å²) >= 11 is 6.60. The van der Waals surface area contributed by atoms with Crippen LogP contribution in [0.5, 0.6) is 6.01 Å². The van der Waals surface area contributed by atoms with Crippen LogP contribution in [0, 0.1) is 18.2 Å². The Hall–Kier alpha value is -2.96. The van der Waals surface area contributed by atoms with E-state index in [1.54, 1.807) is 0 Å². The highest BCUT2D eigenvalue weighted by Crippen LogP contribution is 2.48. The van der Waals surface area contributed by atoms with Crippen molar-refractivity contribution in [2.45, 2.75) is 70.1 Å². The van der Waals surface area contributed by atoms with Crippen LogP contribution in [0.3, 0.4) is 0 Å².